The number of nitrogens with zero attached hydrogens (tertiary/aromatic N) is 2. The van der Waals surface area contributed by atoms with Crippen molar-refractivity contribution >= 4 is 5.91 Å². The smallest absolute Gasteiger partial charge is 0.344 e. The fraction of sp³-hybridized carbons (Fsp3) is 0.444. The van der Waals surface area contributed by atoms with Gasteiger partial charge in [0, 0.05) is 12.4 Å². The predicted octanol–water partition coefficient (Wildman–Crippen LogP) is 1.01. The Hall–Kier alpha value is -1.66. The van der Waals surface area contributed by atoms with Crippen molar-refractivity contribution in [3.8, 4) is 0 Å². The van der Waals surface area contributed by atoms with Gasteiger partial charge in [-0.15, -0.1) is 0 Å². The normalized spacial score (nSPS) is 25.6. The third-order valence-corrected chi connectivity index (χ3v) is 2.40. The van der Waals surface area contributed by atoms with Gasteiger partial charge in [0.2, 0.25) is 5.91 Å². The number of carbonyl (C=O) groups excluding carboxylic acids is 1. The van der Waals surface area contributed by atoms with Crippen molar-refractivity contribution in [1.29, 1.82) is 0 Å². The molecule has 1 aliphatic heterocycles. The summed E-state index contributed by atoms with van der Waals surface area (Å²) in [4.78, 5) is 18.9. The molecular formula is C9H8F3N3O. The molecule has 1 N–H and O–H groups in total. The van der Waals surface area contributed by atoms with Gasteiger partial charge in [-0.1, -0.05) is 0 Å². The lowest BCUT2D eigenvalue weighted by Gasteiger charge is -2.13. The molecule has 2 heterocycles. The Morgan fingerprint density at radius 1 is 1.31 bits per heavy atom. The van der Waals surface area contributed by atoms with E-state index in [1.165, 1.54) is 18.5 Å². The van der Waals surface area contributed by atoms with Crippen molar-refractivity contribution < 1.29 is 18.0 Å². The van der Waals surface area contributed by atoms with E-state index in [2.05, 4.69) is 9.97 Å². The van der Waals surface area contributed by atoms with Crippen LogP contribution in [0.25, 0.3) is 0 Å². The fourth-order valence-corrected chi connectivity index (χ4v) is 1.60. The molecule has 2 unspecified atom stereocenters. The summed E-state index contributed by atoms with van der Waals surface area (Å²) in [6.45, 7) is 0. The van der Waals surface area contributed by atoms with Crippen molar-refractivity contribution in [1.82, 2.24) is 15.3 Å². The zero-order valence-electron chi connectivity index (χ0n) is 8.03. The highest BCUT2D eigenvalue weighted by Crippen LogP contribution is 2.33. The molecule has 1 aliphatic rings. The molecular weight excluding hydrogens is 223 g/mol. The van der Waals surface area contributed by atoms with Crippen LogP contribution in [0.4, 0.5) is 13.2 Å². The third-order valence-electron chi connectivity index (χ3n) is 2.40. The largest absolute Gasteiger partial charge is 0.408 e. The highest BCUT2D eigenvalue weighted by Gasteiger charge is 2.48. The number of aromatic nitrogens is 2. The molecule has 0 bridgehead atoms. The molecule has 86 valence electrons. The number of hydrogen-bond donors (Lipinski definition) is 1. The van der Waals surface area contributed by atoms with Gasteiger partial charge in [-0.25, -0.2) is 9.97 Å². The number of nitrogens with one attached hydrogen (secondary N) is 1. The lowest BCUT2D eigenvalue weighted by atomic mass is 10.0. The molecule has 0 aliphatic carbocycles. The molecule has 1 aromatic heterocycles. The van der Waals surface area contributed by atoms with Gasteiger partial charge < -0.3 is 5.32 Å². The van der Waals surface area contributed by atoms with Gasteiger partial charge in [0.05, 0.1) is 0 Å². The number of carbonyl (C=O) groups is 1. The number of hydrogen-bond acceptors (Lipinski definition) is 3. The minimum absolute atomic E-state index is 0.131. The zero-order valence-corrected chi connectivity index (χ0v) is 8.03. The summed E-state index contributed by atoms with van der Waals surface area (Å²) in [6.07, 6.45) is -1.96. The first kappa shape index (κ1) is 10.8. The quantitative estimate of drug-likeness (QED) is 0.784. The van der Waals surface area contributed by atoms with Crippen LogP contribution in [0.3, 0.4) is 0 Å². The molecule has 2 rings (SSSR count). The molecule has 1 aromatic rings. The Morgan fingerprint density at radius 2 is 1.94 bits per heavy atom. The van der Waals surface area contributed by atoms with E-state index in [0.29, 0.717) is 0 Å². The maximum absolute atomic E-state index is 12.4. The second kappa shape index (κ2) is 3.73. The Bertz CT molecular complexity index is 393. The van der Waals surface area contributed by atoms with Gasteiger partial charge >= 0.3 is 6.18 Å². The number of amides is 1. The lowest BCUT2D eigenvalue weighted by Crippen LogP contribution is -2.38. The van der Waals surface area contributed by atoms with Gasteiger partial charge in [0.25, 0.3) is 0 Å². The Labute approximate surface area is 88.9 Å². The SMILES string of the molecule is O=C1NC(C(F)(F)F)CC1c1ncccn1. The highest BCUT2D eigenvalue weighted by molar-refractivity contribution is 5.85. The second-order valence-corrected chi connectivity index (χ2v) is 3.50. The summed E-state index contributed by atoms with van der Waals surface area (Å²) in [5, 5.41) is 1.90. The first-order chi connectivity index (χ1) is 7.48. The van der Waals surface area contributed by atoms with E-state index in [1.54, 1.807) is 0 Å². The fourth-order valence-electron chi connectivity index (χ4n) is 1.60. The highest BCUT2D eigenvalue weighted by atomic mass is 19.4. The summed E-state index contributed by atoms with van der Waals surface area (Å²) >= 11 is 0. The van der Waals surface area contributed by atoms with Crippen molar-refractivity contribution in [2.75, 3.05) is 0 Å². The molecule has 2 atom stereocenters. The third kappa shape index (κ3) is 1.98. The Balaban J connectivity index is 2.18. The molecule has 1 saturated heterocycles. The van der Waals surface area contributed by atoms with Crippen LogP contribution in [-0.2, 0) is 4.79 Å². The van der Waals surface area contributed by atoms with Crippen LogP contribution in [0.1, 0.15) is 18.2 Å². The minimum atomic E-state index is -4.42. The Morgan fingerprint density at radius 3 is 2.44 bits per heavy atom. The van der Waals surface area contributed by atoms with Gasteiger partial charge in [-0.3, -0.25) is 4.79 Å². The van der Waals surface area contributed by atoms with Crippen LogP contribution in [0, 0.1) is 0 Å². The van der Waals surface area contributed by atoms with E-state index >= 15 is 0 Å². The average Bonchev–Trinajstić information content (AvgIpc) is 2.61. The van der Waals surface area contributed by atoms with E-state index < -0.39 is 24.0 Å². The Kier molecular flexibility index (Phi) is 2.53. The van der Waals surface area contributed by atoms with Crippen LogP contribution >= 0.6 is 0 Å². The van der Waals surface area contributed by atoms with Gasteiger partial charge in [0.1, 0.15) is 17.8 Å². The van der Waals surface area contributed by atoms with Crippen LogP contribution in [-0.4, -0.2) is 28.1 Å². The van der Waals surface area contributed by atoms with E-state index in [0.717, 1.165) is 0 Å². The van der Waals surface area contributed by atoms with E-state index in [1.807, 2.05) is 5.32 Å². The van der Waals surface area contributed by atoms with Crippen LogP contribution < -0.4 is 5.32 Å². The summed E-state index contributed by atoms with van der Waals surface area (Å²) in [7, 11) is 0. The summed E-state index contributed by atoms with van der Waals surface area (Å²) in [5.74, 6) is -1.45. The monoisotopic (exact) mass is 231 g/mol. The predicted molar refractivity (Wildman–Crippen MR) is 47.4 cm³/mol. The topological polar surface area (TPSA) is 54.9 Å². The molecule has 0 aromatic carbocycles. The molecule has 0 radical (unpaired) electrons. The van der Waals surface area contributed by atoms with Crippen LogP contribution in [0.15, 0.2) is 18.5 Å². The first-order valence-corrected chi connectivity index (χ1v) is 4.62. The van der Waals surface area contributed by atoms with Crippen molar-refractivity contribution in [3.05, 3.63) is 24.3 Å². The van der Waals surface area contributed by atoms with Crippen LogP contribution in [0.5, 0.6) is 0 Å². The summed E-state index contributed by atoms with van der Waals surface area (Å²) in [5.41, 5.74) is 0. The maximum Gasteiger partial charge on any atom is 0.408 e. The minimum Gasteiger partial charge on any atom is -0.344 e. The molecule has 1 fully saturated rings. The van der Waals surface area contributed by atoms with E-state index in [9.17, 15) is 18.0 Å². The second-order valence-electron chi connectivity index (χ2n) is 3.50. The standard InChI is InChI=1S/C9H8F3N3O/c10-9(11,12)6-4-5(8(16)15-6)7-13-2-1-3-14-7/h1-3,5-6H,4H2,(H,15,16). The summed E-state index contributed by atoms with van der Waals surface area (Å²) < 4.78 is 37.1. The van der Waals surface area contributed by atoms with E-state index in [-0.39, 0.29) is 12.2 Å². The molecule has 16 heavy (non-hydrogen) atoms. The molecule has 4 nitrogen and oxygen atoms in total. The molecule has 7 heteroatoms. The van der Waals surface area contributed by atoms with Crippen LogP contribution in [0.2, 0.25) is 0 Å². The molecule has 0 spiro atoms. The van der Waals surface area contributed by atoms with Gasteiger partial charge in [-0.05, 0) is 12.5 Å². The van der Waals surface area contributed by atoms with Gasteiger partial charge in [0.15, 0.2) is 0 Å². The van der Waals surface area contributed by atoms with Crippen molar-refractivity contribution in [2.45, 2.75) is 24.6 Å². The zero-order chi connectivity index (χ0) is 11.8. The molecule has 0 saturated carbocycles. The van der Waals surface area contributed by atoms with E-state index in [4.69, 9.17) is 0 Å². The lowest BCUT2D eigenvalue weighted by molar-refractivity contribution is -0.154. The first-order valence-electron chi connectivity index (χ1n) is 4.62. The molecule has 1 amide bonds. The van der Waals surface area contributed by atoms with Crippen molar-refractivity contribution in [3.63, 3.8) is 0 Å². The summed E-state index contributed by atoms with van der Waals surface area (Å²) in [6, 6.07) is -0.258. The number of alkyl halides is 3. The average molecular weight is 231 g/mol. The van der Waals surface area contributed by atoms with Gasteiger partial charge in [-0.2, -0.15) is 13.2 Å². The number of rotatable bonds is 1. The number of halogens is 3. The van der Waals surface area contributed by atoms with Crippen molar-refractivity contribution in [2.24, 2.45) is 0 Å². The maximum atomic E-state index is 12.4.